The van der Waals surface area contributed by atoms with Gasteiger partial charge in [-0.3, -0.25) is 19.4 Å². The van der Waals surface area contributed by atoms with Gasteiger partial charge in [-0.2, -0.15) is 5.10 Å². The number of hydrazone groups is 1. The predicted octanol–water partition coefficient (Wildman–Crippen LogP) is 3.45. The highest BCUT2D eigenvalue weighted by Crippen LogP contribution is 2.47. The van der Waals surface area contributed by atoms with E-state index in [1.165, 1.54) is 19.1 Å². The number of hydrogen-bond donors (Lipinski definition) is 0. The highest BCUT2D eigenvalue weighted by Gasteiger charge is 2.64. The first-order chi connectivity index (χ1) is 17.5. The number of benzene rings is 3. The molecule has 4 atom stereocenters. The monoisotopic (exact) mass is 481 g/mol. The molecule has 2 amide bonds. The number of fused-ring (bicyclic) bond motifs is 4. The summed E-state index contributed by atoms with van der Waals surface area (Å²) in [5, 5.41) is 7.75. The second-order valence-corrected chi connectivity index (χ2v) is 8.96. The SMILES string of the molecule is COc1ccc(C(=O)[C@@H]2[C@@H]3C(=O)N(c4cccc5ccccc45)C(=O)[C@@H]3[C@H]3C=CC=NN32)cc1OC. The van der Waals surface area contributed by atoms with Crippen LogP contribution in [0.5, 0.6) is 11.5 Å². The smallest absolute Gasteiger partial charge is 0.240 e. The largest absolute Gasteiger partial charge is 0.493 e. The molecule has 180 valence electrons. The maximum Gasteiger partial charge on any atom is 0.240 e. The summed E-state index contributed by atoms with van der Waals surface area (Å²) in [6, 6.07) is 16.6. The molecule has 0 N–H and O–H groups in total. The summed E-state index contributed by atoms with van der Waals surface area (Å²) in [4.78, 5) is 43.0. The molecule has 2 fully saturated rings. The summed E-state index contributed by atoms with van der Waals surface area (Å²) in [6.07, 6.45) is 5.16. The maximum absolute atomic E-state index is 14.0. The number of carbonyl (C=O) groups excluding carboxylic acids is 3. The fourth-order valence-electron chi connectivity index (χ4n) is 5.64. The molecule has 3 aliphatic heterocycles. The van der Waals surface area contributed by atoms with Crippen molar-refractivity contribution in [2.24, 2.45) is 16.9 Å². The number of carbonyl (C=O) groups is 3. The van der Waals surface area contributed by atoms with E-state index in [2.05, 4.69) is 5.10 Å². The molecule has 3 heterocycles. The third kappa shape index (κ3) is 3.07. The summed E-state index contributed by atoms with van der Waals surface area (Å²) in [5.41, 5.74) is 0.885. The second kappa shape index (κ2) is 8.34. The van der Waals surface area contributed by atoms with Gasteiger partial charge < -0.3 is 9.47 Å². The van der Waals surface area contributed by atoms with Crippen LogP contribution in [0.4, 0.5) is 5.69 Å². The van der Waals surface area contributed by atoms with Crippen molar-refractivity contribution in [2.45, 2.75) is 12.1 Å². The van der Waals surface area contributed by atoms with Crippen LogP contribution >= 0.6 is 0 Å². The number of methoxy groups -OCH3 is 2. The van der Waals surface area contributed by atoms with Gasteiger partial charge in [0, 0.05) is 17.2 Å². The van der Waals surface area contributed by atoms with E-state index in [0.717, 1.165) is 10.8 Å². The summed E-state index contributed by atoms with van der Waals surface area (Å²) in [7, 11) is 3.01. The number of nitrogens with zero attached hydrogens (tertiary/aromatic N) is 3. The molecule has 3 aliphatic rings. The molecule has 0 bridgehead atoms. The van der Waals surface area contributed by atoms with Crippen molar-refractivity contribution in [3.63, 3.8) is 0 Å². The van der Waals surface area contributed by atoms with Crippen molar-refractivity contribution in [2.75, 3.05) is 19.1 Å². The lowest BCUT2D eigenvalue weighted by atomic mass is 9.86. The van der Waals surface area contributed by atoms with Crippen LogP contribution in [0, 0.1) is 11.8 Å². The molecule has 0 unspecified atom stereocenters. The average Bonchev–Trinajstić information content (AvgIpc) is 3.39. The zero-order valence-corrected chi connectivity index (χ0v) is 19.7. The van der Waals surface area contributed by atoms with E-state index in [1.807, 2.05) is 42.5 Å². The molecule has 8 nitrogen and oxygen atoms in total. The average molecular weight is 482 g/mol. The maximum atomic E-state index is 14.0. The van der Waals surface area contributed by atoms with Crippen molar-refractivity contribution in [1.29, 1.82) is 0 Å². The summed E-state index contributed by atoms with van der Waals surface area (Å²) >= 11 is 0. The first kappa shape index (κ1) is 22.0. The molecular weight excluding hydrogens is 458 g/mol. The van der Waals surface area contributed by atoms with Crippen LogP contribution in [0.2, 0.25) is 0 Å². The number of ketones is 1. The molecule has 0 aromatic heterocycles. The van der Waals surface area contributed by atoms with E-state index in [4.69, 9.17) is 9.47 Å². The first-order valence-electron chi connectivity index (χ1n) is 11.7. The molecule has 0 aliphatic carbocycles. The van der Waals surface area contributed by atoms with Gasteiger partial charge in [0.2, 0.25) is 11.8 Å². The Kier molecular flexibility index (Phi) is 5.10. The second-order valence-electron chi connectivity index (χ2n) is 8.96. The number of anilines is 1. The van der Waals surface area contributed by atoms with Crippen LogP contribution in [0.1, 0.15) is 10.4 Å². The van der Waals surface area contributed by atoms with Crippen LogP contribution in [0.15, 0.2) is 77.9 Å². The molecule has 2 saturated heterocycles. The normalized spacial score (nSPS) is 24.3. The van der Waals surface area contributed by atoms with Crippen molar-refractivity contribution in [3.8, 4) is 11.5 Å². The third-order valence-electron chi connectivity index (χ3n) is 7.24. The first-order valence-corrected chi connectivity index (χ1v) is 11.7. The van der Waals surface area contributed by atoms with Crippen molar-refractivity contribution in [3.05, 3.63) is 78.4 Å². The molecule has 8 heteroatoms. The number of hydrogen-bond acceptors (Lipinski definition) is 7. The van der Waals surface area contributed by atoms with Gasteiger partial charge in [-0.25, -0.2) is 4.90 Å². The number of allylic oxidation sites excluding steroid dienone is 1. The molecule has 0 radical (unpaired) electrons. The summed E-state index contributed by atoms with van der Waals surface area (Å²) in [5.74, 6) is -1.71. The van der Waals surface area contributed by atoms with E-state index in [-0.39, 0.29) is 11.7 Å². The minimum absolute atomic E-state index is 0.304. The lowest BCUT2D eigenvalue weighted by molar-refractivity contribution is -0.123. The topological polar surface area (TPSA) is 88.5 Å². The fraction of sp³-hybridized carbons (Fsp3) is 0.214. The van der Waals surface area contributed by atoms with Gasteiger partial charge in [-0.1, -0.05) is 42.5 Å². The van der Waals surface area contributed by atoms with E-state index < -0.39 is 29.8 Å². The highest BCUT2D eigenvalue weighted by atomic mass is 16.5. The van der Waals surface area contributed by atoms with Crippen molar-refractivity contribution in [1.82, 2.24) is 5.01 Å². The minimum Gasteiger partial charge on any atom is -0.493 e. The molecule has 6 rings (SSSR count). The minimum atomic E-state index is -0.935. The van der Waals surface area contributed by atoms with Gasteiger partial charge in [0.25, 0.3) is 0 Å². The quantitative estimate of drug-likeness (QED) is 0.410. The molecular formula is C28H23N3O5. The Balaban J connectivity index is 1.45. The van der Waals surface area contributed by atoms with Crippen molar-refractivity contribution < 1.29 is 23.9 Å². The Bertz CT molecular complexity index is 1470. The highest BCUT2D eigenvalue weighted by molar-refractivity contribution is 6.27. The number of rotatable bonds is 5. The Labute approximate surface area is 207 Å². The van der Waals surface area contributed by atoms with Crippen molar-refractivity contribution >= 4 is 40.3 Å². The molecule has 3 aromatic carbocycles. The van der Waals surface area contributed by atoms with Gasteiger partial charge in [0.1, 0.15) is 6.04 Å². The number of amides is 2. The Morgan fingerprint density at radius 2 is 1.64 bits per heavy atom. The molecule has 0 saturated carbocycles. The number of ether oxygens (including phenoxy) is 2. The van der Waals surface area contributed by atoms with Gasteiger partial charge in [0.05, 0.1) is 37.8 Å². The molecule has 36 heavy (non-hydrogen) atoms. The number of Topliss-reactive ketones (excluding diaryl/α,β-unsaturated/α-hetero) is 1. The van der Waals surface area contributed by atoms with Gasteiger partial charge in [-0.15, -0.1) is 0 Å². The number of imide groups is 1. The van der Waals surface area contributed by atoms with Crippen LogP contribution in [0.25, 0.3) is 10.8 Å². The fourth-order valence-corrected chi connectivity index (χ4v) is 5.64. The third-order valence-corrected chi connectivity index (χ3v) is 7.24. The Morgan fingerprint density at radius 1 is 0.889 bits per heavy atom. The van der Waals surface area contributed by atoms with Gasteiger partial charge in [-0.05, 0) is 35.7 Å². The Morgan fingerprint density at radius 3 is 2.44 bits per heavy atom. The van der Waals surface area contributed by atoms with Crippen LogP contribution in [-0.4, -0.2) is 55.1 Å². The van der Waals surface area contributed by atoms with E-state index in [9.17, 15) is 14.4 Å². The molecule has 3 aromatic rings. The van der Waals surface area contributed by atoms with Crippen LogP contribution in [-0.2, 0) is 9.59 Å². The van der Waals surface area contributed by atoms with E-state index in [0.29, 0.717) is 22.7 Å². The molecule has 0 spiro atoms. The van der Waals surface area contributed by atoms with Gasteiger partial charge in [0.15, 0.2) is 17.3 Å². The summed E-state index contributed by atoms with van der Waals surface area (Å²) < 4.78 is 10.7. The zero-order chi connectivity index (χ0) is 25.0. The van der Waals surface area contributed by atoms with E-state index in [1.54, 1.807) is 41.6 Å². The Hall–Kier alpha value is -4.46. The van der Waals surface area contributed by atoms with Gasteiger partial charge >= 0.3 is 0 Å². The van der Waals surface area contributed by atoms with E-state index >= 15 is 0 Å². The van der Waals surface area contributed by atoms with Crippen LogP contribution in [0.3, 0.4) is 0 Å². The lowest BCUT2D eigenvalue weighted by Gasteiger charge is -2.30. The predicted molar refractivity (Wildman–Crippen MR) is 134 cm³/mol. The lowest BCUT2D eigenvalue weighted by Crippen LogP contribution is -2.46. The zero-order valence-electron chi connectivity index (χ0n) is 19.7. The van der Waals surface area contributed by atoms with Crippen LogP contribution < -0.4 is 14.4 Å². The summed E-state index contributed by atoms with van der Waals surface area (Å²) in [6.45, 7) is 0. The standard InChI is InChI=1S/C28H23N3O5/c1-35-21-13-12-17(15-22(21)36-2)26(32)25-24-23(20-11-6-14-29-31(20)25)27(33)30(28(24)34)19-10-5-8-16-7-3-4-9-18(16)19/h3-15,20,23-25H,1-2H3/t20-,23-,24-,25+/m1/s1.